The Morgan fingerprint density at radius 1 is 1.30 bits per heavy atom. The fraction of sp³-hybridized carbons (Fsp3) is 0.471. The largest absolute Gasteiger partial charge is 0.493 e. The van der Waals surface area contributed by atoms with Crippen LogP contribution in [0.5, 0.6) is 11.5 Å². The highest BCUT2D eigenvalue weighted by Gasteiger charge is 2.07. The molecule has 0 bridgehead atoms. The Balaban J connectivity index is 0.00000364. The second-order valence-corrected chi connectivity index (χ2v) is 5.41. The van der Waals surface area contributed by atoms with Crippen molar-refractivity contribution in [3.63, 3.8) is 0 Å². The number of aryl methyl sites for hydroxylation is 1. The number of methoxy groups -OCH3 is 1. The SMILES string of the molecule is CCNC(=NCc1ccc(OCCO)c(OC)c1)NCc1ncnn1C.I. The summed E-state index contributed by atoms with van der Waals surface area (Å²) in [5, 5.41) is 19.4. The minimum atomic E-state index is -0.0432. The van der Waals surface area contributed by atoms with Gasteiger partial charge in [-0.15, -0.1) is 24.0 Å². The van der Waals surface area contributed by atoms with Crippen LogP contribution in [0.4, 0.5) is 0 Å². The summed E-state index contributed by atoms with van der Waals surface area (Å²) in [5.74, 6) is 2.72. The van der Waals surface area contributed by atoms with Gasteiger partial charge in [0.15, 0.2) is 17.5 Å². The van der Waals surface area contributed by atoms with Crippen LogP contribution in [0.2, 0.25) is 0 Å². The zero-order valence-electron chi connectivity index (χ0n) is 15.8. The minimum Gasteiger partial charge on any atom is -0.493 e. The highest BCUT2D eigenvalue weighted by Crippen LogP contribution is 2.28. The molecular weight excluding hydrogens is 463 g/mol. The lowest BCUT2D eigenvalue weighted by molar-refractivity contribution is 0.196. The van der Waals surface area contributed by atoms with Crippen molar-refractivity contribution >= 4 is 29.9 Å². The summed E-state index contributed by atoms with van der Waals surface area (Å²) in [6, 6.07) is 5.62. The van der Waals surface area contributed by atoms with Crippen molar-refractivity contribution in [3.8, 4) is 11.5 Å². The molecule has 1 aromatic carbocycles. The Labute approximate surface area is 176 Å². The van der Waals surface area contributed by atoms with Gasteiger partial charge in [0.2, 0.25) is 0 Å². The first-order valence-electron chi connectivity index (χ1n) is 8.43. The lowest BCUT2D eigenvalue weighted by Gasteiger charge is -2.12. The molecule has 0 radical (unpaired) electrons. The standard InChI is InChI=1S/C17H26N6O3.HI/c1-4-18-17(20-11-16-21-12-22-23(16)2)19-10-13-5-6-14(26-8-7-24)15(9-13)25-3;/h5-6,9,12,24H,4,7-8,10-11H2,1-3H3,(H2,18,19,20);1H. The number of aliphatic hydroxyl groups excluding tert-OH is 1. The molecule has 0 saturated carbocycles. The normalized spacial score (nSPS) is 10.9. The number of aliphatic hydroxyl groups is 1. The third-order valence-electron chi connectivity index (χ3n) is 3.56. The molecule has 0 fully saturated rings. The molecule has 9 nitrogen and oxygen atoms in total. The molecule has 0 aliphatic carbocycles. The predicted molar refractivity (Wildman–Crippen MR) is 114 cm³/mol. The second-order valence-electron chi connectivity index (χ2n) is 5.41. The van der Waals surface area contributed by atoms with E-state index in [1.165, 1.54) is 6.33 Å². The van der Waals surface area contributed by atoms with E-state index in [1.807, 2.05) is 32.2 Å². The molecule has 1 aromatic heterocycles. The molecule has 27 heavy (non-hydrogen) atoms. The smallest absolute Gasteiger partial charge is 0.191 e. The van der Waals surface area contributed by atoms with E-state index in [1.54, 1.807) is 11.8 Å². The van der Waals surface area contributed by atoms with E-state index in [0.29, 0.717) is 30.5 Å². The van der Waals surface area contributed by atoms with Gasteiger partial charge in [0.25, 0.3) is 0 Å². The number of nitrogens with zero attached hydrogens (tertiary/aromatic N) is 4. The summed E-state index contributed by atoms with van der Waals surface area (Å²) in [6.07, 6.45) is 1.52. The topological polar surface area (TPSA) is 106 Å². The van der Waals surface area contributed by atoms with Gasteiger partial charge in [0, 0.05) is 13.6 Å². The van der Waals surface area contributed by atoms with Gasteiger partial charge in [0.1, 0.15) is 18.8 Å². The molecule has 3 N–H and O–H groups in total. The maximum absolute atomic E-state index is 8.87. The van der Waals surface area contributed by atoms with E-state index in [0.717, 1.165) is 17.9 Å². The number of ether oxygens (including phenoxy) is 2. The number of hydrogen-bond donors (Lipinski definition) is 3. The van der Waals surface area contributed by atoms with Crippen molar-refractivity contribution in [2.75, 3.05) is 26.9 Å². The summed E-state index contributed by atoms with van der Waals surface area (Å²) >= 11 is 0. The van der Waals surface area contributed by atoms with Gasteiger partial charge in [-0.2, -0.15) is 5.10 Å². The molecular formula is C17H27IN6O3. The Morgan fingerprint density at radius 2 is 2.11 bits per heavy atom. The van der Waals surface area contributed by atoms with Gasteiger partial charge in [-0.3, -0.25) is 4.68 Å². The molecule has 0 aliphatic heterocycles. The average Bonchev–Trinajstić information content (AvgIpc) is 3.07. The van der Waals surface area contributed by atoms with Gasteiger partial charge in [-0.25, -0.2) is 9.98 Å². The molecule has 1 heterocycles. The van der Waals surface area contributed by atoms with Gasteiger partial charge in [-0.1, -0.05) is 6.07 Å². The first-order valence-corrected chi connectivity index (χ1v) is 8.43. The van der Waals surface area contributed by atoms with E-state index in [-0.39, 0.29) is 37.2 Å². The monoisotopic (exact) mass is 490 g/mol. The lowest BCUT2D eigenvalue weighted by atomic mass is 10.2. The quantitative estimate of drug-likeness (QED) is 0.274. The van der Waals surface area contributed by atoms with E-state index in [4.69, 9.17) is 14.6 Å². The Hall–Kier alpha value is -2.08. The Morgan fingerprint density at radius 3 is 2.74 bits per heavy atom. The van der Waals surface area contributed by atoms with Crippen molar-refractivity contribution in [1.29, 1.82) is 0 Å². The number of rotatable bonds is 9. The number of guanidine groups is 1. The summed E-state index contributed by atoms with van der Waals surface area (Å²) < 4.78 is 12.5. The number of benzene rings is 1. The fourth-order valence-corrected chi connectivity index (χ4v) is 2.24. The fourth-order valence-electron chi connectivity index (χ4n) is 2.24. The maximum atomic E-state index is 8.87. The number of halogens is 1. The minimum absolute atomic E-state index is 0. The molecule has 0 aliphatic rings. The second kappa shape index (κ2) is 12.3. The summed E-state index contributed by atoms with van der Waals surface area (Å²) in [5.41, 5.74) is 0.981. The molecule has 0 atom stereocenters. The lowest BCUT2D eigenvalue weighted by Crippen LogP contribution is -2.37. The number of hydrogen-bond acceptors (Lipinski definition) is 6. The first-order chi connectivity index (χ1) is 12.7. The number of nitrogens with one attached hydrogen (secondary N) is 2. The van der Waals surface area contributed by atoms with Crippen molar-refractivity contribution in [2.24, 2.45) is 12.0 Å². The summed E-state index contributed by atoms with van der Waals surface area (Å²) in [7, 11) is 3.43. The zero-order chi connectivity index (χ0) is 18.8. The third-order valence-corrected chi connectivity index (χ3v) is 3.56. The average molecular weight is 490 g/mol. The molecule has 2 aromatic rings. The van der Waals surface area contributed by atoms with Crippen LogP contribution in [-0.2, 0) is 20.1 Å². The van der Waals surface area contributed by atoms with E-state index < -0.39 is 0 Å². The molecule has 0 amide bonds. The summed E-state index contributed by atoms with van der Waals surface area (Å²) in [6.45, 7) is 3.95. The van der Waals surface area contributed by atoms with Crippen LogP contribution in [-0.4, -0.2) is 52.7 Å². The molecule has 0 spiro atoms. The van der Waals surface area contributed by atoms with Gasteiger partial charge in [0.05, 0.1) is 26.8 Å². The molecule has 150 valence electrons. The van der Waals surface area contributed by atoms with Crippen molar-refractivity contribution in [3.05, 3.63) is 35.9 Å². The van der Waals surface area contributed by atoms with Crippen LogP contribution < -0.4 is 20.1 Å². The van der Waals surface area contributed by atoms with E-state index in [9.17, 15) is 0 Å². The van der Waals surface area contributed by atoms with E-state index in [2.05, 4.69) is 25.7 Å². The van der Waals surface area contributed by atoms with Crippen molar-refractivity contribution in [2.45, 2.75) is 20.0 Å². The van der Waals surface area contributed by atoms with Crippen LogP contribution in [0.25, 0.3) is 0 Å². The molecule has 10 heteroatoms. The maximum Gasteiger partial charge on any atom is 0.191 e. The van der Waals surface area contributed by atoms with Crippen LogP contribution >= 0.6 is 24.0 Å². The van der Waals surface area contributed by atoms with Gasteiger partial charge >= 0.3 is 0 Å². The van der Waals surface area contributed by atoms with Gasteiger partial charge < -0.3 is 25.2 Å². The summed E-state index contributed by atoms with van der Waals surface area (Å²) in [4.78, 5) is 8.76. The third kappa shape index (κ3) is 7.21. The highest BCUT2D eigenvalue weighted by molar-refractivity contribution is 14.0. The first kappa shape index (κ1) is 23.0. The number of aliphatic imine (C=N–C) groups is 1. The van der Waals surface area contributed by atoms with Crippen molar-refractivity contribution in [1.82, 2.24) is 25.4 Å². The van der Waals surface area contributed by atoms with Crippen LogP contribution in [0, 0.1) is 0 Å². The molecule has 2 rings (SSSR count). The molecule has 0 saturated heterocycles. The van der Waals surface area contributed by atoms with Gasteiger partial charge in [-0.05, 0) is 24.6 Å². The number of aromatic nitrogens is 3. The van der Waals surface area contributed by atoms with Crippen LogP contribution in [0.15, 0.2) is 29.5 Å². The van der Waals surface area contributed by atoms with Crippen molar-refractivity contribution < 1.29 is 14.6 Å². The zero-order valence-corrected chi connectivity index (χ0v) is 18.1. The Kier molecular flexibility index (Phi) is 10.5. The van der Waals surface area contributed by atoms with E-state index >= 15 is 0 Å². The highest BCUT2D eigenvalue weighted by atomic mass is 127. The van der Waals surface area contributed by atoms with Crippen LogP contribution in [0.1, 0.15) is 18.3 Å². The Bertz CT molecular complexity index is 722. The molecule has 0 unspecified atom stereocenters. The van der Waals surface area contributed by atoms with Crippen LogP contribution in [0.3, 0.4) is 0 Å². The predicted octanol–water partition coefficient (Wildman–Crippen LogP) is 1.07.